The Balaban J connectivity index is 0.000000231. The molecule has 2 atom stereocenters. The SMILES string of the molecule is CCN(CC)C(=O)[C@@H]1C=C2c3cccc4[nH]cc(c34)C[C@H]2N(C)C1.Nc1ccccc1C(=O)O. The number of benzene rings is 2. The molecule has 2 aromatic carbocycles. The number of nitrogens with one attached hydrogen (secondary N) is 1. The molecule has 1 aromatic heterocycles. The lowest BCUT2D eigenvalue weighted by Gasteiger charge is -2.40. The fourth-order valence-corrected chi connectivity index (χ4v) is 5.07. The second-order valence-electron chi connectivity index (χ2n) is 8.83. The summed E-state index contributed by atoms with van der Waals surface area (Å²) in [7, 11) is 2.15. The zero-order valence-electron chi connectivity index (χ0n) is 19.9. The molecule has 0 unspecified atom stereocenters. The number of fused-ring (bicyclic) bond motifs is 2. The first-order chi connectivity index (χ1) is 16.3. The minimum atomic E-state index is -0.988. The molecule has 0 bridgehead atoms. The summed E-state index contributed by atoms with van der Waals surface area (Å²) in [6.45, 7) is 6.47. The van der Waals surface area contributed by atoms with Gasteiger partial charge in [-0.3, -0.25) is 9.69 Å². The maximum Gasteiger partial charge on any atom is 0.337 e. The molecule has 0 saturated heterocycles. The number of rotatable bonds is 4. The summed E-state index contributed by atoms with van der Waals surface area (Å²) >= 11 is 0. The number of amides is 1. The number of para-hydroxylation sites is 1. The zero-order valence-corrected chi connectivity index (χ0v) is 19.9. The van der Waals surface area contributed by atoms with E-state index in [0.717, 1.165) is 26.1 Å². The molecule has 2 heterocycles. The van der Waals surface area contributed by atoms with Crippen molar-refractivity contribution in [3.63, 3.8) is 0 Å². The Morgan fingerprint density at radius 1 is 1.15 bits per heavy atom. The van der Waals surface area contributed by atoms with E-state index < -0.39 is 5.97 Å². The highest BCUT2D eigenvalue weighted by Gasteiger charge is 2.36. The number of nitrogens with two attached hydrogens (primary N) is 1. The van der Waals surface area contributed by atoms with Crippen molar-refractivity contribution >= 4 is 34.0 Å². The molecule has 0 spiro atoms. The van der Waals surface area contributed by atoms with E-state index in [9.17, 15) is 9.59 Å². The van der Waals surface area contributed by atoms with Crippen LogP contribution in [0.5, 0.6) is 0 Å². The molecule has 7 heteroatoms. The van der Waals surface area contributed by atoms with E-state index in [1.807, 2.05) is 4.90 Å². The number of carbonyl (C=O) groups excluding carboxylic acids is 1. The number of nitrogen functional groups attached to an aromatic ring is 1. The van der Waals surface area contributed by atoms with Crippen LogP contribution in [0.1, 0.15) is 35.3 Å². The van der Waals surface area contributed by atoms with Crippen molar-refractivity contribution < 1.29 is 14.7 Å². The van der Waals surface area contributed by atoms with Gasteiger partial charge < -0.3 is 20.7 Å². The van der Waals surface area contributed by atoms with Crippen molar-refractivity contribution in [2.75, 3.05) is 32.4 Å². The van der Waals surface area contributed by atoms with Crippen molar-refractivity contribution in [2.45, 2.75) is 26.3 Å². The standard InChI is InChI=1S/C20H25N3O.C7H7NO2/c1-4-23(5-2)20(24)14-9-16-15-7-6-8-17-19(15)13(11-21-17)10-18(16)22(3)12-14;8-6-4-2-1-3-5(6)7(9)10/h6-9,11,14,18,21H,4-5,10,12H2,1-3H3;1-4H,8H2,(H,9,10)/t14-,18-;/m1./s1. The van der Waals surface area contributed by atoms with E-state index in [1.165, 1.54) is 33.7 Å². The molecule has 5 rings (SSSR count). The van der Waals surface area contributed by atoms with E-state index in [-0.39, 0.29) is 17.4 Å². The molecule has 0 radical (unpaired) electrons. The Morgan fingerprint density at radius 2 is 1.88 bits per heavy atom. The number of aromatic carboxylic acids is 1. The average Bonchev–Trinajstić information content (AvgIpc) is 3.25. The summed E-state index contributed by atoms with van der Waals surface area (Å²) < 4.78 is 0. The van der Waals surface area contributed by atoms with E-state index in [1.54, 1.807) is 18.2 Å². The first-order valence-corrected chi connectivity index (χ1v) is 11.7. The first kappa shape index (κ1) is 23.6. The van der Waals surface area contributed by atoms with Gasteiger partial charge >= 0.3 is 5.97 Å². The number of hydrogen-bond donors (Lipinski definition) is 3. The summed E-state index contributed by atoms with van der Waals surface area (Å²) in [5.41, 5.74) is 11.0. The number of aromatic amines is 1. The van der Waals surface area contributed by atoms with Gasteiger partial charge in [0.2, 0.25) is 5.91 Å². The third kappa shape index (κ3) is 4.31. The Hall–Kier alpha value is -3.58. The van der Waals surface area contributed by atoms with Crippen LogP contribution >= 0.6 is 0 Å². The van der Waals surface area contributed by atoms with Gasteiger partial charge in [0.15, 0.2) is 0 Å². The van der Waals surface area contributed by atoms with Gasteiger partial charge in [0.1, 0.15) is 0 Å². The number of aromatic nitrogens is 1. The molecule has 3 aromatic rings. The summed E-state index contributed by atoms with van der Waals surface area (Å²) in [5, 5.41) is 9.82. The molecule has 178 valence electrons. The predicted octanol–water partition coefficient (Wildman–Crippen LogP) is 3.87. The van der Waals surface area contributed by atoms with E-state index in [2.05, 4.69) is 61.3 Å². The minimum absolute atomic E-state index is 0.0445. The Kier molecular flexibility index (Phi) is 6.75. The highest BCUT2D eigenvalue weighted by molar-refractivity contribution is 5.99. The molecular weight excluding hydrogens is 428 g/mol. The van der Waals surface area contributed by atoms with Gasteiger partial charge in [-0.1, -0.05) is 30.3 Å². The van der Waals surface area contributed by atoms with Crippen molar-refractivity contribution in [3.05, 3.63) is 71.4 Å². The van der Waals surface area contributed by atoms with Crippen LogP contribution in [0.3, 0.4) is 0 Å². The fraction of sp³-hybridized carbons (Fsp3) is 0.333. The third-order valence-corrected chi connectivity index (χ3v) is 6.85. The molecule has 7 nitrogen and oxygen atoms in total. The third-order valence-electron chi connectivity index (χ3n) is 6.85. The lowest BCUT2D eigenvalue weighted by atomic mass is 9.79. The quantitative estimate of drug-likeness (QED) is 0.513. The summed E-state index contributed by atoms with van der Waals surface area (Å²) in [4.78, 5) is 30.9. The van der Waals surface area contributed by atoms with Crippen LogP contribution in [0.2, 0.25) is 0 Å². The number of hydrogen-bond acceptors (Lipinski definition) is 4. The van der Waals surface area contributed by atoms with Crippen LogP contribution in [0.25, 0.3) is 16.5 Å². The predicted molar refractivity (Wildman–Crippen MR) is 136 cm³/mol. The van der Waals surface area contributed by atoms with Gasteiger partial charge in [0.05, 0.1) is 11.5 Å². The normalized spacial score (nSPS) is 19.0. The number of carboxylic acids is 1. The van der Waals surface area contributed by atoms with Crippen molar-refractivity contribution in [3.8, 4) is 0 Å². The average molecular weight is 461 g/mol. The van der Waals surface area contributed by atoms with Crippen LogP contribution < -0.4 is 5.73 Å². The molecule has 1 aliphatic carbocycles. The van der Waals surface area contributed by atoms with Gasteiger partial charge in [0.25, 0.3) is 0 Å². The van der Waals surface area contributed by atoms with Crippen molar-refractivity contribution in [1.82, 2.24) is 14.8 Å². The van der Waals surface area contributed by atoms with Crippen molar-refractivity contribution in [2.24, 2.45) is 5.92 Å². The second kappa shape index (κ2) is 9.73. The maximum absolute atomic E-state index is 12.9. The van der Waals surface area contributed by atoms with Crippen LogP contribution in [-0.2, 0) is 11.2 Å². The number of nitrogens with zero attached hydrogens (tertiary/aromatic N) is 2. The molecule has 4 N–H and O–H groups in total. The first-order valence-electron chi connectivity index (χ1n) is 11.7. The molecule has 34 heavy (non-hydrogen) atoms. The molecule has 1 amide bonds. The van der Waals surface area contributed by atoms with Crippen LogP contribution in [-0.4, -0.2) is 64.5 Å². The highest BCUT2D eigenvalue weighted by Crippen LogP contribution is 2.40. The van der Waals surface area contributed by atoms with Crippen LogP contribution in [0.15, 0.2) is 54.7 Å². The zero-order chi connectivity index (χ0) is 24.4. The van der Waals surface area contributed by atoms with Crippen LogP contribution in [0.4, 0.5) is 5.69 Å². The molecule has 1 aliphatic heterocycles. The van der Waals surface area contributed by atoms with Gasteiger partial charge in [0, 0.05) is 48.5 Å². The molecule has 0 fully saturated rings. The molecular formula is C27H32N4O3. The smallest absolute Gasteiger partial charge is 0.337 e. The van der Waals surface area contributed by atoms with E-state index in [4.69, 9.17) is 10.8 Å². The lowest BCUT2D eigenvalue weighted by molar-refractivity contribution is -0.134. The largest absolute Gasteiger partial charge is 0.478 e. The minimum Gasteiger partial charge on any atom is -0.478 e. The second-order valence-corrected chi connectivity index (χ2v) is 8.83. The highest BCUT2D eigenvalue weighted by atomic mass is 16.4. The van der Waals surface area contributed by atoms with Gasteiger partial charge in [-0.2, -0.15) is 0 Å². The summed E-state index contributed by atoms with van der Waals surface area (Å²) in [6, 6.07) is 13.2. The van der Waals surface area contributed by atoms with Gasteiger partial charge in [-0.05, 0) is 62.2 Å². The summed E-state index contributed by atoms with van der Waals surface area (Å²) in [5.74, 6) is -0.778. The fourth-order valence-electron chi connectivity index (χ4n) is 5.07. The van der Waals surface area contributed by atoms with Gasteiger partial charge in [-0.25, -0.2) is 4.79 Å². The van der Waals surface area contributed by atoms with Gasteiger partial charge in [-0.15, -0.1) is 0 Å². The number of carbonyl (C=O) groups is 2. The number of likely N-dealkylation sites (N-methyl/N-ethyl adjacent to an activating group) is 1. The van der Waals surface area contributed by atoms with E-state index in [0.29, 0.717) is 11.7 Å². The topological polar surface area (TPSA) is 103 Å². The van der Waals surface area contributed by atoms with E-state index >= 15 is 0 Å². The molecule has 0 saturated carbocycles. The Labute approximate surface area is 199 Å². The number of anilines is 1. The number of carboxylic acid groups (broad SMARTS) is 1. The Bertz CT molecular complexity index is 1240. The Morgan fingerprint density at radius 3 is 2.53 bits per heavy atom. The van der Waals surface area contributed by atoms with Crippen molar-refractivity contribution in [1.29, 1.82) is 0 Å². The number of H-pyrrole nitrogens is 1. The maximum atomic E-state index is 12.9. The monoisotopic (exact) mass is 460 g/mol. The van der Waals surface area contributed by atoms with Crippen LogP contribution in [0, 0.1) is 5.92 Å². The molecule has 2 aliphatic rings. The summed E-state index contributed by atoms with van der Waals surface area (Å²) in [6.07, 6.45) is 5.41. The lowest BCUT2D eigenvalue weighted by Crippen LogP contribution is -2.47.